The van der Waals surface area contributed by atoms with Gasteiger partial charge < -0.3 is 11.1 Å². The average molecular weight is 288 g/mol. The predicted octanol–water partition coefficient (Wildman–Crippen LogP) is 1.07. The summed E-state index contributed by atoms with van der Waals surface area (Å²) in [6.45, 7) is 3.87. The third-order valence-corrected chi connectivity index (χ3v) is 4.90. The number of amides is 1. The molecule has 2 aliphatic heterocycles. The molecule has 5 heteroatoms. The van der Waals surface area contributed by atoms with Gasteiger partial charge in [-0.15, -0.1) is 0 Å². The van der Waals surface area contributed by atoms with Gasteiger partial charge in [0.05, 0.1) is 12.0 Å². The molecule has 3 heterocycles. The van der Waals surface area contributed by atoms with E-state index in [9.17, 15) is 4.79 Å². The second-order valence-electron chi connectivity index (χ2n) is 6.10. The molecule has 114 valence electrons. The Balaban J connectivity index is 1.91. The number of nitrogens with two attached hydrogens (primary N) is 1. The molecule has 0 aromatic carbocycles. The van der Waals surface area contributed by atoms with Crippen molar-refractivity contribution in [2.75, 3.05) is 13.1 Å². The maximum absolute atomic E-state index is 12.0. The summed E-state index contributed by atoms with van der Waals surface area (Å²) in [5.41, 5.74) is 7.58. The second kappa shape index (κ2) is 6.12. The van der Waals surface area contributed by atoms with Crippen LogP contribution in [0.3, 0.4) is 0 Å². The lowest BCUT2D eigenvalue weighted by Gasteiger charge is -2.43. The van der Waals surface area contributed by atoms with Crippen molar-refractivity contribution in [3.63, 3.8) is 0 Å². The minimum atomic E-state index is 0.0589. The van der Waals surface area contributed by atoms with E-state index in [1.165, 1.54) is 0 Å². The van der Waals surface area contributed by atoms with Crippen LogP contribution in [0.5, 0.6) is 0 Å². The van der Waals surface area contributed by atoms with E-state index in [2.05, 4.69) is 28.2 Å². The van der Waals surface area contributed by atoms with Gasteiger partial charge in [-0.05, 0) is 37.4 Å². The van der Waals surface area contributed by atoms with E-state index >= 15 is 0 Å². The molecular weight excluding hydrogens is 264 g/mol. The summed E-state index contributed by atoms with van der Waals surface area (Å²) in [5.74, 6) is 0.335. The number of piperidine rings is 1. The van der Waals surface area contributed by atoms with Crippen LogP contribution in [0.4, 0.5) is 0 Å². The highest BCUT2D eigenvalue weighted by Crippen LogP contribution is 2.35. The van der Waals surface area contributed by atoms with Crippen molar-refractivity contribution in [2.24, 2.45) is 11.7 Å². The molecule has 0 aliphatic carbocycles. The van der Waals surface area contributed by atoms with Crippen LogP contribution in [-0.4, -0.2) is 41.0 Å². The summed E-state index contributed by atoms with van der Waals surface area (Å²) in [4.78, 5) is 18.7. The summed E-state index contributed by atoms with van der Waals surface area (Å²) >= 11 is 0. The molecular formula is C16H24N4O. The summed E-state index contributed by atoms with van der Waals surface area (Å²) in [6, 6.07) is 4.53. The quantitative estimate of drug-likeness (QED) is 0.869. The van der Waals surface area contributed by atoms with Crippen LogP contribution < -0.4 is 11.1 Å². The Hall–Kier alpha value is -1.46. The fourth-order valence-electron chi connectivity index (χ4n) is 3.79. The molecule has 3 N–H and O–H groups in total. The second-order valence-corrected chi connectivity index (χ2v) is 6.10. The van der Waals surface area contributed by atoms with E-state index in [0.717, 1.165) is 37.9 Å². The highest BCUT2D eigenvalue weighted by Gasteiger charge is 2.44. The molecule has 2 fully saturated rings. The van der Waals surface area contributed by atoms with Gasteiger partial charge in [0.2, 0.25) is 5.91 Å². The maximum Gasteiger partial charge on any atom is 0.224 e. The summed E-state index contributed by atoms with van der Waals surface area (Å²) < 4.78 is 0. The van der Waals surface area contributed by atoms with Crippen molar-refractivity contribution >= 4 is 5.91 Å². The molecule has 2 saturated heterocycles. The molecule has 1 amide bonds. The van der Waals surface area contributed by atoms with Gasteiger partial charge in [-0.2, -0.15) is 0 Å². The molecule has 3 rings (SSSR count). The molecule has 1 aromatic rings. The van der Waals surface area contributed by atoms with Crippen LogP contribution >= 0.6 is 0 Å². The molecule has 0 spiro atoms. The molecule has 0 bridgehead atoms. The third-order valence-electron chi connectivity index (χ3n) is 4.90. The van der Waals surface area contributed by atoms with Gasteiger partial charge in [0, 0.05) is 31.0 Å². The van der Waals surface area contributed by atoms with Crippen molar-refractivity contribution in [3.8, 4) is 0 Å². The molecule has 0 saturated carbocycles. The molecule has 21 heavy (non-hydrogen) atoms. The third kappa shape index (κ3) is 2.68. The van der Waals surface area contributed by atoms with Crippen LogP contribution in [0.25, 0.3) is 0 Å². The number of nitrogens with one attached hydrogen (secondary N) is 1. The Morgan fingerprint density at radius 3 is 3.14 bits per heavy atom. The van der Waals surface area contributed by atoms with E-state index in [4.69, 9.17) is 5.73 Å². The van der Waals surface area contributed by atoms with Crippen molar-refractivity contribution in [2.45, 2.75) is 44.3 Å². The first-order valence-corrected chi connectivity index (χ1v) is 7.91. The first-order chi connectivity index (χ1) is 10.2. The van der Waals surface area contributed by atoms with E-state index in [1.54, 1.807) is 6.20 Å². The lowest BCUT2D eigenvalue weighted by molar-refractivity contribution is -0.124. The highest BCUT2D eigenvalue weighted by molar-refractivity contribution is 5.82. The van der Waals surface area contributed by atoms with Gasteiger partial charge in [0.15, 0.2) is 0 Å². The number of carbonyl (C=O) groups is 1. The van der Waals surface area contributed by atoms with Crippen LogP contribution in [0.15, 0.2) is 24.5 Å². The number of likely N-dealkylation sites (tertiary alicyclic amines) is 1. The van der Waals surface area contributed by atoms with Gasteiger partial charge in [0.1, 0.15) is 0 Å². The molecule has 5 nitrogen and oxygen atoms in total. The van der Waals surface area contributed by atoms with Crippen LogP contribution in [0.1, 0.15) is 37.8 Å². The predicted molar refractivity (Wildman–Crippen MR) is 81.5 cm³/mol. The number of carbonyl (C=O) groups excluding carboxylic acids is 1. The minimum Gasteiger partial charge on any atom is -0.354 e. The highest BCUT2D eigenvalue weighted by atomic mass is 16.2. The Morgan fingerprint density at radius 2 is 2.43 bits per heavy atom. The smallest absolute Gasteiger partial charge is 0.224 e. The van der Waals surface area contributed by atoms with Crippen LogP contribution in [0, 0.1) is 5.92 Å². The Bertz CT molecular complexity index is 492. The van der Waals surface area contributed by atoms with Gasteiger partial charge in [-0.25, -0.2) is 0 Å². The van der Waals surface area contributed by atoms with Crippen molar-refractivity contribution in [1.82, 2.24) is 15.2 Å². The maximum atomic E-state index is 12.0. The number of fused-ring (bicyclic) bond motifs is 1. The first kappa shape index (κ1) is 14.5. The fraction of sp³-hybridized carbons (Fsp3) is 0.625. The fourth-order valence-corrected chi connectivity index (χ4v) is 3.79. The molecule has 4 atom stereocenters. The SMILES string of the molecule is CCC(N)C(c1cccnc1)N1CCCC2C(=O)NCC21. The number of rotatable bonds is 4. The van der Waals surface area contributed by atoms with E-state index in [1.807, 2.05) is 12.3 Å². The zero-order chi connectivity index (χ0) is 14.8. The van der Waals surface area contributed by atoms with E-state index < -0.39 is 0 Å². The molecule has 0 radical (unpaired) electrons. The zero-order valence-corrected chi connectivity index (χ0v) is 12.5. The van der Waals surface area contributed by atoms with E-state index in [0.29, 0.717) is 0 Å². The number of hydrogen-bond donors (Lipinski definition) is 2. The standard InChI is InChI=1S/C16H24N4O/c1-2-13(17)15(11-5-3-7-18-9-11)20-8-4-6-12-14(20)10-19-16(12)21/h3,5,7,9,12-15H,2,4,6,8,10,17H2,1H3,(H,19,21). The molecule has 2 aliphatic rings. The first-order valence-electron chi connectivity index (χ1n) is 7.91. The summed E-state index contributed by atoms with van der Waals surface area (Å²) in [6.07, 6.45) is 6.66. The Labute approximate surface area is 125 Å². The van der Waals surface area contributed by atoms with Crippen molar-refractivity contribution in [3.05, 3.63) is 30.1 Å². The van der Waals surface area contributed by atoms with Crippen LogP contribution in [0.2, 0.25) is 0 Å². The lowest BCUT2D eigenvalue weighted by Crippen LogP contribution is -2.51. The number of aromatic nitrogens is 1. The van der Waals surface area contributed by atoms with Gasteiger partial charge in [-0.3, -0.25) is 14.7 Å². The number of pyridine rings is 1. The molecule has 1 aromatic heterocycles. The Kier molecular flexibility index (Phi) is 4.22. The Morgan fingerprint density at radius 1 is 1.57 bits per heavy atom. The van der Waals surface area contributed by atoms with Crippen molar-refractivity contribution in [1.29, 1.82) is 0 Å². The number of hydrogen-bond acceptors (Lipinski definition) is 4. The molecule has 4 unspecified atom stereocenters. The summed E-state index contributed by atoms with van der Waals surface area (Å²) in [5, 5.41) is 3.02. The van der Waals surface area contributed by atoms with Gasteiger partial charge in [-0.1, -0.05) is 13.0 Å². The average Bonchev–Trinajstić information content (AvgIpc) is 2.91. The normalized spacial score (nSPS) is 28.8. The number of nitrogens with zero attached hydrogens (tertiary/aromatic N) is 2. The zero-order valence-electron chi connectivity index (χ0n) is 12.5. The topological polar surface area (TPSA) is 71.2 Å². The van der Waals surface area contributed by atoms with Crippen LogP contribution in [-0.2, 0) is 4.79 Å². The summed E-state index contributed by atoms with van der Waals surface area (Å²) in [7, 11) is 0. The minimum absolute atomic E-state index is 0.0589. The van der Waals surface area contributed by atoms with E-state index in [-0.39, 0.29) is 30.0 Å². The largest absolute Gasteiger partial charge is 0.354 e. The van der Waals surface area contributed by atoms with Gasteiger partial charge >= 0.3 is 0 Å². The lowest BCUT2D eigenvalue weighted by atomic mass is 9.87. The van der Waals surface area contributed by atoms with Gasteiger partial charge in [0.25, 0.3) is 0 Å². The monoisotopic (exact) mass is 288 g/mol. The van der Waals surface area contributed by atoms with Crippen molar-refractivity contribution < 1.29 is 4.79 Å².